The summed E-state index contributed by atoms with van der Waals surface area (Å²) < 4.78 is 15.4. The molecule has 9 heteroatoms. The number of aromatic nitrogens is 1. The summed E-state index contributed by atoms with van der Waals surface area (Å²) >= 11 is 0. The first-order valence-electron chi connectivity index (χ1n) is 8.75. The van der Waals surface area contributed by atoms with Gasteiger partial charge < -0.3 is 24.6 Å². The largest absolute Gasteiger partial charge is 0.464 e. The van der Waals surface area contributed by atoms with Crippen LogP contribution in [-0.4, -0.2) is 48.3 Å². The van der Waals surface area contributed by atoms with Gasteiger partial charge >= 0.3 is 11.9 Å². The highest BCUT2D eigenvalue weighted by atomic mass is 16.6. The standard InChI is InChI=1S/C17H25N3O6/c1-4-24-15(22)17(19-11(3)21,16(23)25-5-2)10-12-9-14(20-26-12)13-7-6-8-18-13/h9,13,18H,4-8,10H2,1-3H3,(H,19,21). The Morgan fingerprint density at radius 2 is 1.96 bits per heavy atom. The maximum atomic E-state index is 12.6. The molecule has 1 amide bonds. The van der Waals surface area contributed by atoms with E-state index in [0.29, 0.717) is 5.69 Å². The quantitative estimate of drug-likeness (QED) is 0.507. The predicted octanol–water partition coefficient (Wildman–Crippen LogP) is 0.643. The van der Waals surface area contributed by atoms with E-state index in [9.17, 15) is 14.4 Å². The average Bonchev–Trinajstić information content (AvgIpc) is 3.25. The van der Waals surface area contributed by atoms with Gasteiger partial charge in [0.15, 0.2) is 0 Å². The van der Waals surface area contributed by atoms with Crippen molar-refractivity contribution in [3.05, 3.63) is 17.5 Å². The van der Waals surface area contributed by atoms with E-state index < -0.39 is 23.4 Å². The number of hydrogen-bond donors (Lipinski definition) is 2. The molecule has 0 aromatic carbocycles. The number of amides is 1. The van der Waals surface area contributed by atoms with Gasteiger partial charge in [0, 0.05) is 13.0 Å². The summed E-state index contributed by atoms with van der Waals surface area (Å²) in [5.41, 5.74) is -1.32. The van der Waals surface area contributed by atoms with Crippen LogP contribution in [0.1, 0.15) is 51.1 Å². The van der Waals surface area contributed by atoms with Crippen molar-refractivity contribution >= 4 is 17.8 Å². The minimum absolute atomic E-state index is 0.0488. The van der Waals surface area contributed by atoms with Crippen molar-refractivity contribution < 1.29 is 28.4 Å². The number of nitrogens with one attached hydrogen (secondary N) is 2. The van der Waals surface area contributed by atoms with Crippen LogP contribution in [0.3, 0.4) is 0 Å². The summed E-state index contributed by atoms with van der Waals surface area (Å²) in [5, 5.41) is 9.71. The molecular weight excluding hydrogens is 342 g/mol. The Morgan fingerprint density at radius 1 is 1.31 bits per heavy atom. The second-order valence-corrected chi connectivity index (χ2v) is 6.07. The molecule has 144 valence electrons. The van der Waals surface area contributed by atoms with E-state index in [2.05, 4.69) is 15.8 Å². The smallest absolute Gasteiger partial charge is 0.344 e. The average molecular weight is 367 g/mol. The Hall–Kier alpha value is -2.42. The highest BCUT2D eigenvalue weighted by Gasteiger charge is 2.51. The van der Waals surface area contributed by atoms with E-state index in [4.69, 9.17) is 14.0 Å². The highest BCUT2D eigenvalue weighted by molar-refractivity contribution is 6.08. The molecule has 1 fully saturated rings. The van der Waals surface area contributed by atoms with Gasteiger partial charge in [-0.2, -0.15) is 0 Å². The number of ether oxygens (including phenoxy) is 2. The first kappa shape index (κ1) is 19.9. The van der Waals surface area contributed by atoms with E-state index >= 15 is 0 Å². The van der Waals surface area contributed by atoms with Gasteiger partial charge in [-0.15, -0.1) is 0 Å². The second-order valence-electron chi connectivity index (χ2n) is 6.07. The van der Waals surface area contributed by atoms with Crippen LogP contribution in [0.2, 0.25) is 0 Å². The topological polar surface area (TPSA) is 120 Å². The summed E-state index contributed by atoms with van der Waals surface area (Å²) in [6.07, 6.45) is 1.72. The Morgan fingerprint density at radius 3 is 2.46 bits per heavy atom. The van der Waals surface area contributed by atoms with E-state index in [1.807, 2.05) is 0 Å². The number of hydrogen-bond acceptors (Lipinski definition) is 8. The van der Waals surface area contributed by atoms with Gasteiger partial charge in [0.1, 0.15) is 11.5 Å². The normalized spacial score (nSPS) is 17.0. The van der Waals surface area contributed by atoms with Crippen LogP contribution >= 0.6 is 0 Å². The van der Waals surface area contributed by atoms with Crippen molar-refractivity contribution in [2.24, 2.45) is 0 Å². The Labute approximate surface area is 151 Å². The van der Waals surface area contributed by atoms with Crippen molar-refractivity contribution in [1.29, 1.82) is 0 Å². The lowest BCUT2D eigenvalue weighted by Gasteiger charge is -2.28. The number of nitrogens with zero attached hydrogens (tertiary/aromatic N) is 1. The molecule has 1 aliphatic heterocycles. The minimum atomic E-state index is -2.02. The molecule has 2 heterocycles. The number of carbonyl (C=O) groups is 3. The molecule has 1 atom stereocenters. The molecule has 2 N–H and O–H groups in total. The molecule has 1 aliphatic rings. The molecule has 26 heavy (non-hydrogen) atoms. The van der Waals surface area contributed by atoms with Crippen LogP contribution in [0, 0.1) is 0 Å². The van der Waals surface area contributed by atoms with Crippen molar-refractivity contribution in [2.45, 2.75) is 51.6 Å². The molecule has 0 bridgehead atoms. The fourth-order valence-electron chi connectivity index (χ4n) is 2.96. The van der Waals surface area contributed by atoms with E-state index in [-0.39, 0.29) is 31.4 Å². The molecule has 2 rings (SSSR count). The third-order valence-electron chi connectivity index (χ3n) is 4.07. The van der Waals surface area contributed by atoms with Gasteiger partial charge in [-0.3, -0.25) is 4.79 Å². The zero-order valence-electron chi connectivity index (χ0n) is 15.3. The fraction of sp³-hybridized carbons (Fsp3) is 0.647. The van der Waals surface area contributed by atoms with Crippen LogP contribution in [0.4, 0.5) is 0 Å². The summed E-state index contributed by atoms with van der Waals surface area (Å²) in [7, 11) is 0. The Balaban J connectivity index is 2.33. The molecule has 1 aromatic heterocycles. The summed E-state index contributed by atoms with van der Waals surface area (Å²) in [6, 6.07) is 1.76. The van der Waals surface area contributed by atoms with Gasteiger partial charge in [0.05, 0.1) is 25.7 Å². The molecule has 1 aromatic rings. The molecule has 1 saturated heterocycles. The van der Waals surface area contributed by atoms with Crippen molar-refractivity contribution in [1.82, 2.24) is 15.8 Å². The lowest BCUT2D eigenvalue weighted by molar-refractivity contribution is -0.168. The maximum absolute atomic E-state index is 12.6. The highest BCUT2D eigenvalue weighted by Crippen LogP contribution is 2.25. The van der Waals surface area contributed by atoms with Gasteiger partial charge in [-0.1, -0.05) is 5.16 Å². The van der Waals surface area contributed by atoms with Crippen LogP contribution in [0.25, 0.3) is 0 Å². The zero-order valence-corrected chi connectivity index (χ0v) is 15.3. The van der Waals surface area contributed by atoms with Crippen molar-refractivity contribution in [2.75, 3.05) is 19.8 Å². The Bertz CT molecular complexity index is 633. The maximum Gasteiger partial charge on any atom is 0.344 e. The summed E-state index contributed by atoms with van der Waals surface area (Å²) in [5.74, 6) is -2.08. The van der Waals surface area contributed by atoms with E-state index in [1.165, 1.54) is 6.92 Å². The first-order valence-corrected chi connectivity index (χ1v) is 8.75. The lowest BCUT2D eigenvalue weighted by atomic mass is 9.93. The van der Waals surface area contributed by atoms with E-state index in [1.54, 1.807) is 19.9 Å². The van der Waals surface area contributed by atoms with Crippen molar-refractivity contribution in [3.63, 3.8) is 0 Å². The zero-order chi connectivity index (χ0) is 19.2. The lowest BCUT2D eigenvalue weighted by Crippen LogP contribution is -2.62. The van der Waals surface area contributed by atoms with Gasteiger partial charge in [0.2, 0.25) is 11.4 Å². The van der Waals surface area contributed by atoms with E-state index in [0.717, 1.165) is 19.4 Å². The van der Waals surface area contributed by atoms with Crippen molar-refractivity contribution in [3.8, 4) is 0 Å². The predicted molar refractivity (Wildman–Crippen MR) is 90.0 cm³/mol. The summed E-state index contributed by atoms with van der Waals surface area (Å²) in [4.78, 5) is 36.8. The van der Waals surface area contributed by atoms with Gasteiger partial charge in [-0.05, 0) is 33.2 Å². The first-order chi connectivity index (χ1) is 12.4. The monoisotopic (exact) mass is 367 g/mol. The SMILES string of the molecule is CCOC(=O)C(Cc1cc(C2CCCN2)no1)(NC(C)=O)C(=O)OCC. The Kier molecular flexibility index (Phi) is 6.73. The number of carbonyl (C=O) groups excluding carboxylic acids is 3. The molecule has 0 radical (unpaired) electrons. The minimum Gasteiger partial charge on any atom is -0.464 e. The molecule has 0 saturated carbocycles. The summed E-state index contributed by atoms with van der Waals surface area (Å²) in [6.45, 7) is 5.43. The van der Waals surface area contributed by atoms with Crippen LogP contribution in [-0.2, 0) is 30.3 Å². The number of rotatable bonds is 8. The van der Waals surface area contributed by atoms with Gasteiger partial charge in [-0.25, -0.2) is 9.59 Å². The second kappa shape index (κ2) is 8.79. The molecule has 0 aliphatic carbocycles. The van der Waals surface area contributed by atoms with Gasteiger partial charge in [0.25, 0.3) is 0 Å². The van der Waals surface area contributed by atoms with Crippen LogP contribution < -0.4 is 10.6 Å². The third-order valence-corrected chi connectivity index (χ3v) is 4.07. The van der Waals surface area contributed by atoms with Crippen LogP contribution in [0.15, 0.2) is 10.6 Å². The molecule has 9 nitrogen and oxygen atoms in total. The fourth-order valence-corrected chi connectivity index (χ4v) is 2.96. The van der Waals surface area contributed by atoms with Crippen LogP contribution in [0.5, 0.6) is 0 Å². The molecule has 0 spiro atoms. The molecular formula is C17H25N3O6. The number of esters is 2. The molecule has 1 unspecified atom stereocenters. The third kappa shape index (κ3) is 4.40.